The number of carbonyl (C=O) groups is 2. The summed E-state index contributed by atoms with van der Waals surface area (Å²) in [6.45, 7) is 3.51. The maximum absolute atomic E-state index is 10.5. The standard InChI is InChI=1S/C6H7NO2/c1-4-2-3-5(8)6(9)7-4/h1-3H2,(H,7,9). The van der Waals surface area contributed by atoms with E-state index in [4.69, 9.17) is 0 Å². The van der Waals surface area contributed by atoms with Gasteiger partial charge in [0, 0.05) is 12.1 Å². The quantitative estimate of drug-likeness (QED) is 0.462. The van der Waals surface area contributed by atoms with Gasteiger partial charge in [0.1, 0.15) is 0 Å². The van der Waals surface area contributed by atoms with E-state index in [-0.39, 0.29) is 5.78 Å². The fourth-order valence-electron chi connectivity index (χ4n) is 0.671. The molecule has 1 rings (SSSR count). The van der Waals surface area contributed by atoms with Gasteiger partial charge in [0.05, 0.1) is 0 Å². The molecule has 48 valence electrons. The van der Waals surface area contributed by atoms with Crippen LogP contribution < -0.4 is 5.32 Å². The molecule has 0 saturated carbocycles. The molecule has 3 nitrogen and oxygen atoms in total. The van der Waals surface area contributed by atoms with E-state index in [9.17, 15) is 9.59 Å². The van der Waals surface area contributed by atoms with Crippen LogP contribution in [-0.4, -0.2) is 11.7 Å². The summed E-state index contributed by atoms with van der Waals surface area (Å²) in [5.74, 6) is -0.867. The van der Waals surface area contributed by atoms with E-state index < -0.39 is 5.91 Å². The average molecular weight is 125 g/mol. The molecule has 1 saturated heterocycles. The summed E-state index contributed by atoms with van der Waals surface area (Å²) in [6, 6.07) is 0. The van der Waals surface area contributed by atoms with Crippen molar-refractivity contribution in [3.05, 3.63) is 12.3 Å². The van der Waals surface area contributed by atoms with Crippen LogP contribution >= 0.6 is 0 Å². The molecule has 1 fully saturated rings. The second kappa shape index (κ2) is 2.01. The monoisotopic (exact) mass is 125 g/mol. The number of hydrogen-bond donors (Lipinski definition) is 1. The van der Waals surface area contributed by atoms with E-state index in [1.54, 1.807) is 0 Å². The third-order valence-corrected chi connectivity index (χ3v) is 1.20. The van der Waals surface area contributed by atoms with Gasteiger partial charge in [0.25, 0.3) is 5.91 Å². The number of nitrogens with one attached hydrogen (secondary N) is 1. The lowest BCUT2D eigenvalue weighted by Crippen LogP contribution is -2.34. The summed E-state index contributed by atoms with van der Waals surface area (Å²) in [5.41, 5.74) is 0.639. The molecule has 0 unspecified atom stereocenters. The molecule has 1 N–H and O–H groups in total. The summed E-state index contributed by atoms with van der Waals surface area (Å²) in [4.78, 5) is 21.0. The zero-order chi connectivity index (χ0) is 6.85. The van der Waals surface area contributed by atoms with Crippen molar-refractivity contribution in [1.82, 2.24) is 5.32 Å². The first-order chi connectivity index (χ1) is 4.20. The molecule has 1 heterocycles. The minimum atomic E-state index is -0.522. The van der Waals surface area contributed by atoms with Crippen molar-refractivity contribution < 1.29 is 9.59 Å². The number of amides is 1. The Hall–Kier alpha value is -1.12. The first-order valence-corrected chi connectivity index (χ1v) is 2.72. The van der Waals surface area contributed by atoms with Crippen LogP contribution in [0.25, 0.3) is 0 Å². The van der Waals surface area contributed by atoms with Crippen LogP contribution in [0.1, 0.15) is 12.8 Å². The lowest BCUT2D eigenvalue weighted by Gasteiger charge is -2.11. The number of allylic oxidation sites excluding steroid dienone is 1. The first kappa shape index (κ1) is 6.01. The second-order valence-electron chi connectivity index (χ2n) is 1.98. The highest BCUT2D eigenvalue weighted by atomic mass is 16.2. The van der Waals surface area contributed by atoms with E-state index in [1.165, 1.54) is 0 Å². The molecule has 1 amide bonds. The van der Waals surface area contributed by atoms with Gasteiger partial charge in [-0.25, -0.2) is 0 Å². The Morgan fingerprint density at radius 1 is 1.33 bits per heavy atom. The predicted octanol–water partition coefficient (Wildman–Crippen LogP) is -0.0208. The first-order valence-electron chi connectivity index (χ1n) is 2.72. The minimum absolute atomic E-state index is 0.310. The van der Waals surface area contributed by atoms with Crippen molar-refractivity contribution in [2.24, 2.45) is 0 Å². The molecule has 0 aliphatic carbocycles. The lowest BCUT2D eigenvalue weighted by molar-refractivity contribution is -0.138. The number of ketones is 1. The van der Waals surface area contributed by atoms with Crippen LogP contribution in [0.2, 0.25) is 0 Å². The fourth-order valence-corrected chi connectivity index (χ4v) is 0.671. The summed E-state index contributed by atoms with van der Waals surface area (Å²) < 4.78 is 0. The summed E-state index contributed by atoms with van der Waals surface area (Å²) >= 11 is 0. The molecule has 3 heteroatoms. The van der Waals surface area contributed by atoms with Crippen LogP contribution in [0, 0.1) is 0 Å². The van der Waals surface area contributed by atoms with E-state index in [0.29, 0.717) is 18.5 Å². The fraction of sp³-hybridized carbons (Fsp3) is 0.333. The van der Waals surface area contributed by atoms with Crippen molar-refractivity contribution >= 4 is 11.7 Å². The van der Waals surface area contributed by atoms with Crippen molar-refractivity contribution in [3.8, 4) is 0 Å². The molecule has 1 aliphatic heterocycles. The van der Waals surface area contributed by atoms with Gasteiger partial charge in [-0.3, -0.25) is 9.59 Å². The molecule has 0 spiro atoms. The maximum atomic E-state index is 10.5. The smallest absolute Gasteiger partial charge is 0.291 e. The zero-order valence-corrected chi connectivity index (χ0v) is 4.94. The Morgan fingerprint density at radius 3 is 2.44 bits per heavy atom. The van der Waals surface area contributed by atoms with E-state index >= 15 is 0 Å². The van der Waals surface area contributed by atoms with Crippen molar-refractivity contribution in [3.63, 3.8) is 0 Å². The largest absolute Gasteiger partial charge is 0.324 e. The van der Waals surface area contributed by atoms with Gasteiger partial charge in [-0.15, -0.1) is 0 Å². The molecule has 9 heavy (non-hydrogen) atoms. The van der Waals surface area contributed by atoms with E-state index in [2.05, 4.69) is 11.9 Å². The van der Waals surface area contributed by atoms with Gasteiger partial charge in [-0.05, 0) is 6.42 Å². The van der Waals surface area contributed by atoms with Gasteiger partial charge in [-0.1, -0.05) is 6.58 Å². The summed E-state index contributed by atoms with van der Waals surface area (Å²) in [5, 5.41) is 2.35. The van der Waals surface area contributed by atoms with Gasteiger partial charge in [0.15, 0.2) is 0 Å². The van der Waals surface area contributed by atoms with Crippen molar-refractivity contribution in [1.29, 1.82) is 0 Å². The molecule has 0 aromatic rings. The highest BCUT2D eigenvalue weighted by molar-refractivity contribution is 6.37. The van der Waals surface area contributed by atoms with E-state index in [0.717, 1.165) is 0 Å². The van der Waals surface area contributed by atoms with Crippen LogP contribution in [0.3, 0.4) is 0 Å². The van der Waals surface area contributed by atoms with Crippen LogP contribution in [-0.2, 0) is 9.59 Å². The number of hydrogen-bond acceptors (Lipinski definition) is 2. The van der Waals surface area contributed by atoms with Gasteiger partial charge >= 0.3 is 0 Å². The Labute approximate surface area is 52.7 Å². The normalized spacial score (nSPS) is 19.8. The van der Waals surface area contributed by atoms with Crippen LogP contribution in [0.4, 0.5) is 0 Å². The molecule has 0 aromatic heterocycles. The molecule has 1 aliphatic rings. The summed E-state index contributed by atoms with van der Waals surface area (Å²) in [7, 11) is 0. The number of carbonyl (C=O) groups excluding carboxylic acids is 2. The Morgan fingerprint density at radius 2 is 2.00 bits per heavy atom. The van der Waals surface area contributed by atoms with Crippen molar-refractivity contribution in [2.45, 2.75) is 12.8 Å². The number of rotatable bonds is 0. The predicted molar refractivity (Wildman–Crippen MR) is 31.5 cm³/mol. The molecule has 0 aromatic carbocycles. The molecule has 0 radical (unpaired) electrons. The van der Waals surface area contributed by atoms with Crippen molar-refractivity contribution in [2.75, 3.05) is 0 Å². The zero-order valence-electron chi connectivity index (χ0n) is 4.94. The van der Waals surface area contributed by atoms with E-state index in [1.807, 2.05) is 0 Å². The third-order valence-electron chi connectivity index (χ3n) is 1.20. The van der Waals surface area contributed by atoms with Crippen LogP contribution in [0.5, 0.6) is 0 Å². The Balaban J connectivity index is 2.64. The molecular formula is C6H7NO2. The maximum Gasteiger partial charge on any atom is 0.291 e. The highest BCUT2D eigenvalue weighted by Crippen LogP contribution is 2.05. The van der Waals surface area contributed by atoms with Crippen LogP contribution in [0.15, 0.2) is 12.3 Å². The summed E-state index contributed by atoms with van der Waals surface area (Å²) in [6.07, 6.45) is 0.898. The Bertz CT molecular complexity index is 183. The molecule has 0 atom stereocenters. The number of piperidine rings is 1. The van der Waals surface area contributed by atoms with Gasteiger partial charge < -0.3 is 5.32 Å². The minimum Gasteiger partial charge on any atom is -0.324 e. The number of Topliss-reactive ketones (excluding diaryl/α,β-unsaturated/α-hetero) is 1. The lowest BCUT2D eigenvalue weighted by atomic mass is 10.1. The van der Waals surface area contributed by atoms with Gasteiger partial charge in [0.2, 0.25) is 5.78 Å². The van der Waals surface area contributed by atoms with Gasteiger partial charge in [-0.2, -0.15) is 0 Å². The highest BCUT2D eigenvalue weighted by Gasteiger charge is 2.19. The average Bonchev–Trinajstić information content (AvgIpc) is 1.80. The topological polar surface area (TPSA) is 46.2 Å². The third kappa shape index (κ3) is 1.16. The Kier molecular flexibility index (Phi) is 1.34. The second-order valence-corrected chi connectivity index (χ2v) is 1.98. The SMILES string of the molecule is C=C1CCC(=O)C(=O)N1. The molecular weight excluding hydrogens is 118 g/mol. The molecule has 0 bridgehead atoms.